The van der Waals surface area contributed by atoms with Crippen molar-refractivity contribution in [1.29, 1.82) is 0 Å². The second-order valence-electron chi connectivity index (χ2n) is 6.20. The molecular weight excluding hydrogens is 338 g/mol. The highest BCUT2D eigenvalue weighted by Crippen LogP contribution is 2.31. The highest BCUT2D eigenvalue weighted by Gasteiger charge is 2.32. The maximum absolute atomic E-state index is 13.2. The number of amides is 1. The molecule has 0 saturated carbocycles. The van der Waals surface area contributed by atoms with Crippen molar-refractivity contribution in [1.82, 2.24) is 4.90 Å². The summed E-state index contributed by atoms with van der Waals surface area (Å²) in [6, 6.07) is 15.2. The molecule has 1 atom stereocenters. The average Bonchev–Trinajstić information content (AvgIpc) is 2.98. The summed E-state index contributed by atoms with van der Waals surface area (Å²) in [6.07, 6.45) is 0. The van der Waals surface area contributed by atoms with Crippen molar-refractivity contribution in [2.24, 2.45) is 0 Å². The number of rotatable bonds is 2. The zero-order valence-electron chi connectivity index (χ0n) is 13.9. The Balaban J connectivity index is 1.72. The fraction of sp³-hybridized carbons (Fsp3) is 0.250. The number of fused-ring (bicyclic) bond motifs is 1. The Hall–Kier alpha value is -2.30. The first-order valence-corrected chi connectivity index (χ1v) is 8.65. The van der Waals surface area contributed by atoms with Gasteiger partial charge in [0.25, 0.3) is 5.91 Å². The first-order chi connectivity index (χ1) is 12.1. The molecule has 5 heteroatoms. The van der Waals surface area contributed by atoms with Gasteiger partial charge in [0.05, 0.1) is 19.3 Å². The van der Waals surface area contributed by atoms with Crippen LogP contribution in [0.5, 0.6) is 0 Å². The van der Waals surface area contributed by atoms with Crippen LogP contribution in [0.4, 0.5) is 0 Å². The van der Waals surface area contributed by atoms with Crippen molar-refractivity contribution in [2.45, 2.75) is 13.0 Å². The fourth-order valence-corrected chi connectivity index (χ4v) is 3.50. The van der Waals surface area contributed by atoms with E-state index in [1.54, 1.807) is 12.1 Å². The summed E-state index contributed by atoms with van der Waals surface area (Å²) >= 11 is 6.08. The summed E-state index contributed by atoms with van der Waals surface area (Å²) in [5.41, 5.74) is 2.56. The van der Waals surface area contributed by atoms with Crippen LogP contribution in [0.3, 0.4) is 0 Å². The van der Waals surface area contributed by atoms with Crippen LogP contribution >= 0.6 is 11.6 Å². The number of hydrogen-bond acceptors (Lipinski definition) is 3. The Bertz CT molecular complexity index is 919. The molecule has 2 aromatic carbocycles. The van der Waals surface area contributed by atoms with Crippen LogP contribution in [0.1, 0.15) is 27.7 Å². The van der Waals surface area contributed by atoms with Gasteiger partial charge in [-0.3, -0.25) is 4.79 Å². The third-order valence-corrected chi connectivity index (χ3v) is 4.90. The number of morpholine rings is 1. The molecule has 1 fully saturated rings. The maximum atomic E-state index is 13.2. The molecule has 1 amide bonds. The molecule has 0 aliphatic carbocycles. The van der Waals surface area contributed by atoms with E-state index in [2.05, 4.69) is 0 Å². The second-order valence-corrected chi connectivity index (χ2v) is 6.63. The molecule has 0 bridgehead atoms. The number of benzene rings is 2. The van der Waals surface area contributed by atoms with Crippen LogP contribution in [-0.2, 0) is 4.74 Å². The molecule has 1 saturated heterocycles. The molecule has 4 rings (SSSR count). The number of halogens is 1. The second kappa shape index (κ2) is 6.54. The fourth-order valence-electron chi connectivity index (χ4n) is 3.33. The van der Waals surface area contributed by atoms with Crippen molar-refractivity contribution < 1.29 is 13.9 Å². The van der Waals surface area contributed by atoms with E-state index in [0.29, 0.717) is 36.1 Å². The number of carbonyl (C=O) groups is 1. The van der Waals surface area contributed by atoms with E-state index in [1.165, 1.54) is 0 Å². The Labute approximate surface area is 150 Å². The predicted molar refractivity (Wildman–Crippen MR) is 97.0 cm³/mol. The van der Waals surface area contributed by atoms with Crippen molar-refractivity contribution >= 4 is 28.5 Å². The first-order valence-electron chi connectivity index (χ1n) is 8.27. The number of hydrogen-bond donors (Lipinski definition) is 0. The monoisotopic (exact) mass is 355 g/mol. The zero-order valence-corrected chi connectivity index (χ0v) is 14.6. The molecule has 128 valence electrons. The van der Waals surface area contributed by atoms with E-state index < -0.39 is 0 Å². The molecule has 4 nitrogen and oxygen atoms in total. The molecule has 0 spiro atoms. The summed E-state index contributed by atoms with van der Waals surface area (Å²) in [5.74, 6) is 0.266. The quantitative estimate of drug-likeness (QED) is 0.674. The topological polar surface area (TPSA) is 42.7 Å². The molecule has 1 aliphatic heterocycles. The van der Waals surface area contributed by atoms with Gasteiger partial charge in [-0.15, -0.1) is 0 Å². The van der Waals surface area contributed by atoms with E-state index in [9.17, 15) is 4.79 Å². The van der Waals surface area contributed by atoms with Gasteiger partial charge in [0.1, 0.15) is 5.58 Å². The van der Waals surface area contributed by atoms with Gasteiger partial charge >= 0.3 is 0 Å². The van der Waals surface area contributed by atoms with Gasteiger partial charge in [-0.05, 0) is 30.7 Å². The highest BCUT2D eigenvalue weighted by molar-refractivity contribution is 6.31. The van der Waals surface area contributed by atoms with Crippen LogP contribution in [0.25, 0.3) is 11.0 Å². The molecule has 0 radical (unpaired) electrons. The normalized spacial score (nSPS) is 17.8. The molecule has 0 N–H and O–H groups in total. The summed E-state index contributed by atoms with van der Waals surface area (Å²) in [6.45, 7) is 3.45. The van der Waals surface area contributed by atoms with Crippen molar-refractivity contribution in [3.8, 4) is 0 Å². The lowest BCUT2D eigenvalue weighted by Crippen LogP contribution is -2.43. The van der Waals surface area contributed by atoms with Gasteiger partial charge in [-0.1, -0.05) is 41.9 Å². The number of carbonyl (C=O) groups excluding carboxylic acids is 1. The van der Waals surface area contributed by atoms with Crippen LogP contribution < -0.4 is 0 Å². The van der Waals surface area contributed by atoms with Gasteiger partial charge in [0, 0.05) is 22.5 Å². The molecular formula is C20H18ClNO3. The summed E-state index contributed by atoms with van der Waals surface area (Å²) in [5, 5.41) is 1.50. The first kappa shape index (κ1) is 16.2. The van der Waals surface area contributed by atoms with Gasteiger partial charge in [0.2, 0.25) is 0 Å². The molecule has 1 aliphatic rings. The van der Waals surface area contributed by atoms with Gasteiger partial charge in [0.15, 0.2) is 5.76 Å². The lowest BCUT2D eigenvalue weighted by Gasteiger charge is -2.35. The molecule has 3 aromatic rings. The third-order valence-electron chi connectivity index (χ3n) is 4.67. The predicted octanol–water partition coefficient (Wildman–Crippen LogP) is 4.61. The Morgan fingerprint density at radius 1 is 1.20 bits per heavy atom. The summed E-state index contributed by atoms with van der Waals surface area (Å²) in [7, 11) is 0. The van der Waals surface area contributed by atoms with E-state index in [4.69, 9.17) is 20.8 Å². The number of ether oxygens (including phenoxy) is 1. The number of aryl methyl sites for hydroxylation is 1. The average molecular weight is 356 g/mol. The Kier molecular flexibility index (Phi) is 4.24. The van der Waals surface area contributed by atoms with Crippen molar-refractivity contribution in [3.63, 3.8) is 0 Å². The third kappa shape index (κ3) is 2.92. The van der Waals surface area contributed by atoms with E-state index >= 15 is 0 Å². The van der Waals surface area contributed by atoms with Gasteiger partial charge < -0.3 is 14.1 Å². The van der Waals surface area contributed by atoms with Crippen LogP contribution in [-0.4, -0.2) is 30.6 Å². The molecule has 2 heterocycles. The van der Waals surface area contributed by atoms with Gasteiger partial charge in [-0.2, -0.15) is 0 Å². The minimum Gasteiger partial charge on any atom is -0.451 e. The standard InChI is InChI=1S/C20H18ClNO3/c1-13-16-11-15(21)7-8-18(16)25-19(13)20(23)22-9-10-24-12-17(22)14-5-3-2-4-6-14/h2-8,11,17H,9-10,12H2,1H3/t17-/m1/s1. The minimum absolute atomic E-state index is 0.109. The highest BCUT2D eigenvalue weighted by atomic mass is 35.5. The lowest BCUT2D eigenvalue weighted by atomic mass is 10.0. The Morgan fingerprint density at radius 3 is 2.80 bits per heavy atom. The summed E-state index contributed by atoms with van der Waals surface area (Å²) < 4.78 is 11.5. The van der Waals surface area contributed by atoms with Crippen LogP contribution in [0, 0.1) is 6.92 Å². The maximum Gasteiger partial charge on any atom is 0.290 e. The zero-order chi connectivity index (χ0) is 17.4. The van der Waals surface area contributed by atoms with E-state index in [1.807, 2.05) is 48.2 Å². The van der Waals surface area contributed by atoms with E-state index in [-0.39, 0.29) is 11.9 Å². The van der Waals surface area contributed by atoms with Gasteiger partial charge in [-0.25, -0.2) is 0 Å². The summed E-state index contributed by atoms with van der Waals surface area (Å²) in [4.78, 5) is 15.0. The number of nitrogens with zero attached hydrogens (tertiary/aromatic N) is 1. The van der Waals surface area contributed by atoms with Crippen molar-refractivity contribution in [3.05, 3.63) is 70.4 Å². The molecule has 25 heavy (non-hydrogen) atoms. The smallest absolute Gasteiger partial charge is 0.290 e. The number of furan rings is 1. The largest absolute Gasteiger partial charge is 0.451 e. The SMILES string of the molecule is Cc1c(C(=O)N2CCOC[C@@H]2c2ccccc2)oc2ccc(Cl)cc12. The molecule has 1 aromatic heterocycles. The Morgan fingerprint density at radius 2 is 2.00 bits per heavy atom. The molecule has 0 unspecified atom stereocenters. The van der Waals surface area contributed by atoms with Crippen LogP contribution in [0.15, 0.2) is 52.9 Å². The van der Waals surface area contributed by atoms with E-state index in [0.717, 1.165) is 16.5 Å². The van der Waals surface area contributed by atoms with Crippen LogP contribution in [0.2, 0.25) is 5.02 Å². The van der Waals surface area contributed by atoms with Crippen molar-refractivity contribution in [2.75, 3.05) is 19.8 Å². The minimum atomic E-state index is -0.112. The lowest BCUT2D eigenvalue weighted by molar-refractivity contribution is -0.00420.